The number of hydrogen-bond acceptors (Lipinski definition) is 8. The van der Waals surface area contributed by atoms with Gasteiger partial charge in [-0.05, 0) is 244 Å². The molecule has 3 fully saturated rings. The molecular weight excluding hydrogens is 1310 g/mol. The molecule has 0 bridgehead atoms. The lowest BCUT2D eigenvalue weighted by molar-refractivity contribution is 0.00578. The Morgan fingerprint density at radius 1 is 0.257 bits per heavy atom. The van der Waals surface area contributed by atoms with Crippen molar-refractivity contribution in [2.45, 2.75) is 124 Å². The molecular formula is C89H84B3BrN2O6. The minimum atomic E-state index is -0.488. The molecule has 0 unspecified atom stereocenters. The van der Waals surface area contributed by atoms with Gasteiger partial charge in [-0.1, -0.05) is 238 Å². The fourth-order valence-corrected chi connectivity index (χ4v) is 14.3. The summed E-state index contributed by atoms with van der Waals surface area (Å²) in [6, 6.07) is 91.7. The second-order valence-corrected chi connectivity index (χ2v) is 30.5. The van der Waals surface area contributed by atoms with Crippen molar-refractivity contribution in [3.8, 4) is 66.8 Å². The SMILES string of the molecule is Brc1ccc(-c2c3ccccc3c(-c3ccc(-c4ccc5ccccc5c4)cc3)c3ccccc23)cn1.C.CC1(C)OB(B2OC(C)(C)C(C)(C)O2)OC1(C)C.CC1(C)OB(c2ccc(-c3c4ccccc4c(-c4ccc(-c5ccc6ccccc6c5)cc4)c4ccccc34)cn2)OC1(C)C. The van der Waals surface area contributed by atoms with Crippen LogP contribution in [0, 0.1) is 0 Å². The highest BCUT2D eigenvalue weighted by molar-refractivity contribution is 9.10. The number of rotatable bonds is 8. The predicted molar refractivity (Wildman–Crippen MR) is 428 cm³/mol. The van der Waals surface area contributed by atoms with E-state index in [0.29, 0.717) is 0 Å². The van der Waals surface area contributed by atoms with Gasteiger partial charge in [-0.3, -0.25) is 4.98 Å². The Morgan fingerprint density at radius 3 is 0.822 bits per heavy atom. The third-order valence-corrected chi connectivity index (χ3v) is 22.2. The van der Waals surface area contributed by atoms with Gasteiger partial charge in [-0.2, -0.15) is 0 Å². The maximum absolute atomic E-state index is 6.27. The highest BCUT2D eigenvalue weighted by Gasteiger charge is 2.64. The molecule has 0 amide bonds. The number of fused-ring (bicyclic) bond motifs is 6. The van der Waals surface area contributed by atoms with E-state index in [0.717, 1.165) is 21.3 Å². The van der Waals surface area contributed by atoms with Gasteiger partial charge in [0, 0.05) is 23.5 Å². The summed E-state index contributed by atoms with van der Waals surface area (Å²) in [7, 11) is -1.44. The molecule has 12 aromatic carbocycles. The summed E-state index contributed by atoms with van der Waals surface area (Å²) in [6.45, 7) is 24.5. The van der Waals surface area contributed by atoms with E-state index >= 15 is 0 Å². The minimum Gasteiger partial charge on any atom is -0.405 e. The maximum Gasteiger partial charge on any atom is 0.514 e. The number of pyridine rings is 2. The summed E-state index contributed by atoms with van der Waals surface area (Å²) in [4.78, 5) is 9.39. The van der Waals surface area contributed by atoms with E-state index in [1.54, 1.807) is 0 Å². The summed E-state index contributed by atoms with van der Waals surface area (Å²) in [5.74, 6) is 0. The van der Waals surface area contributed by atoms with Crippen LogP contribution in [0.4, 0.5) is 0 Å². The van der Waals surface area contributed by atoms with Crippen molar-refractivity contribution in [2.24, 2.45) is 0 Å². The molecule has 0 aliphatic carbocycles. The first kappa shape index (κ1) is 69.0. The van der Waals surface area contributed by atoms with Gasteiger partial charge in [0.25, 0.3) is 0 Å². The molecule has 3 aliphatic rings. The van der Waals surface area contributed by atoms with Crippen LogP contribution in [-0.2, 0) is 27.9 Å². The second kappa shape index (κ2) is 26.7. The molecule has 3 saturated heterocycles. The zero-order chi connectivity index (χ0) is 69.5. The van der Waals surface area contributed by atoms with Crippen LogP contribution in [0.3, 0.4) is 0 Å². The van der Waals surface area contributed by atoms with Gasteiger partial charge in [-0.25, -0.2) is 4.98 Å². The lowest BCUT2D eigenvalue weighted by atomic mass is 9.49. The van der Waals surface area contributed by atoms with E-state index in [2.05, 4.69) is 291 Å². The Balaban J connectivity index is 0.000000139. The zero-order valence-electron chi connectivity index (χ0n) is 58.9. The van der Waals surface area contributed by atoms with Crippen LogP contribution >= 0.6 is 15.9 Å². The lowest BCUT2D eigenvalue weighted by Crippen LogP contribution is -2.41. The Labute approximate surface area is 604 Å². The van der Waals surface area contributed by atoms with Gasteiger partial charge >= 0.3 is 21.1 Å². The normalized spacial score (nSPS) is 16.9. The standard InChI is InChI=1S/C41H34BNO2.C35H22BrN.C12H24B2O4.CH4/c1-40(2)41(3,4)45-42(44-40)37-24-23-32(26-43-37)39-35-15-9-7-13-33(35)38(34-14-8-10-16-36(34)39)29-20-17-28(18-21-29)31-22-19-27-11-5-6-12-30(27)25-31;36-33-20-19-28(22-37-33)35-31-11-5-3-9-29(31)34(30-10-4-6-12-32(30)35)25-16-13-24(14-17-25)27-18-15-23-7-1-2-8-26(23)21-27;1-9(2)10(3,4)16-13(15-9)14-17-11(5,6)12(7,8)18-14;/h5-26H,1-4H3;1-22H;1-8H3;1H4. The second-order valence-electron chi connectivity index (χ2n) is 29.6. The third-order valence-electron chi connectivity index (χ3n) is 21.7. The van der Waals surface area contributed by atoms with Gasteiger partial charge in [0.05, 0.1) is 39.2 Å². The molecule has 0 N–H and O–H groups in total. The van der Waals surface area contributed by atoms with E-state index in [4.69, 9.17) is 32.9 Å². The quantitative estimate of drug-likeness (QED) is 0.0846. The molecule has 14 aromatic rings. The lowest BCUT2D eigenvalue weighted by Gasteiger charge is -2.32. The Bertz CT molecular complexity index is 5230. The number of hydrogen-bond donors (Lipinski definition) is 0. The van der Waals surface area contributed by atoms with E-state index in [1.807, 2.05) is 79.9 Å². The van der Waals surface area contributed by atoms with Crippen molar-refractivity contribution in [1.82, 2.24) is 9.97 Å². The first-order valence-corrected chi connectivity index (χ1v) is 35.4. The van der Waals surface area contributed by atoms with Crippen molar-refractivity contribution < 1.29 is 27.9 Å². The molecule has 2 aromatic heterocycles. The van der Waals surface area contributed by atoms with Crippen LogP contribution in [0.2, 0.25) is 0 Å². The molecule has 12 heteroatoms. The average Bonchev–Trinajstić information content (AvgIpc) is 1.67. The molecule has 3 aliphatic heterocycles. The number of aromatic nitrogens is 2. The molecule has 0 spiro atoms. The van der Waals surface area contributed by atoms with Crippen molar-refractivity contribution >= 4 is 107 Å². The summed E-state index contributed by atoms with van der Waals surface area (Å²) in [6.07, 6.45) is 3.92. The molecule has 0 atom stereocenters. The number of benzene rings is 12. The summed E-state index contributed by atoms with van der Waals surface area (Å²) in [5, 5.41) is 14.9. The van der Waals surface area contributed by atoms with Gasteiger partial charge < -0.3 is 27.9 Å². The van der Waals surface area contributed by atoms with Gasteiger partial charge in [0.2, 0.25) is 0 Å². The van der Waals surface area contributed by atoms with Crippen LogP contribution in [-0.4, -0.2) is 64.7 Å². The van der Waals surface area contributed by atoms with Gasteiger partial charge in [0.15, 0.2) is 0 Å². The molecule has 0 radical (unpaired) electrons. The van der Waals surface area contributed by atoms with Crippen LogP contribution in [0.15, 0.2) is 272 Å². The summed E-state index contributed by atoms with van der Waals surface area (Å²) >= 11 is 3.48. The van der Waals surface area contributed by atoms with Crippen molar-refractivity contribution in [1.29, 1.82) is 0 Å². The van der Waals surface area contributed by atoms with Crippen molar-refractivity contribution in [3.05, 3.63) is 272 Å². The molecule has 502 valence electrons. The molecule has 101 heavy (non-hydrogen) atoms. The molecule has 8 nitrogen and oxygen atoms in total. The highest BCUT2D eigenvalue weighted by atomic mass is 79.9. The topological polar surface area (TPSA) is 81.2 Å². The Hall–Kier alpha value is -9.07. The van der Waals surface area contributed by atoms with E-state index in [-0.39, 0.29) is 29.8 Å². The maximum atomic E-state index is 6.27. The van der Waals surface area contributed by atoms with Crippen molar-refractivity contribution in [3.63, 3.8) is 0 Å². The fraction of sp³-hybridized carbons (Fsp3) is 0.213. The Morgan fingerprint density at radius 2 is 0.515 bits per heavy atom. The average molecular weight is 1390 g/mol. The highest BCUT2D eigenvalue weighted by Crippen LogP contribution is 2.48. The Kier molecular flexibility index (Phi) is 18.3. The van der Waals surface area contributed by atoms with E-state index in [9.17, 15) is 0 Å². The van der Waals surface area contributed by atoms with Gasteiger partial charge in [0.1, 0.15) is 4.60 Å². The van der Waals surface area contributed by atoms with Crippen molar-refractivity contribution in [2.75, 3.05) is 0 Å². The van der Waals surface area contributed by atoms with Gasteiger partial charge in [-0.15, -0.1) is 0 Å². The number of halogens is 1. The van der Waals surface area contributed by atoms with E-state index in [1.165, 1.54) is 120 Å². The monoisotopic (exact) mass is 1390 g/mol. The zero-order valence-corrected chi connectivity index (χ0v) is 60.4. The molecule has 17 rings (SSSR count). The largest absolute Gasteiger partial charge is 0.514 e. The molecule has 0 saturated carbocycles. The first-order chi connectivity index (χ1) is 47.9. The predicted octanol–water partition coefficient (Wildman–Crippen LogP) is 23.0. The smallest absolute Gasteiger partial charge is 0.405 e. The van der Waals surface area contributed by atoms with Crippen LogP contribution < -0.4 is 5.59 Å². The summed E-state index contributed by atoms with van der Waals surface area (Å²) < 4.78 is 37.2. The van der Waals surface area contributed by atoms with Crippen LogP contribution in [0.25, 0.3) is 131 Å². The first-order valence-electron chi connectivity index (χ1n) is 34.6. The number of nitrogens with zero attached hydrogens (tertiary/aromatic N) is 2. The summed E-state index contributed by atoms with van der Waals surface area (Å²) in [5.41, 5.74) is 13.0. The van der Waals surface area contributed by atoms with Crippen LogP contribution in [0.1, 0.15) is 90.5 Å². The third kappa shape index (κ3) is 12.9. The fourth-order valence-electron chi connectivity index (χ4n) is 14.1. The van der Waals surface area contributed by atoms with E-state index < -0.39 is 32.3 Å². The minimum absolute atomic E-state index is 0. The van der Waals surface area contributed by atoms with Crippen LogP contribution in [0.5, 0.6) is 0 Å². The molecule has 5 heterocycles.